The average Bonchev–Trinajstić information content (AvgIpc) is 2.64. The number of ether oxygens (including phenoxy) is 1. The highest BCUT2D eigenvalue weighted by molar-refractivity contribution is 6.04. The second kappa shape index (κ2) is 8.94. The summed E-state index contributed by atoms with van der Waals surface area (Å²) in [5.74, 6) is 0.203. The summed E-state index contributed by atoms with van der Waals surface area (Å²) in [6.07, 6.45) is 1.61. The van der Waals surface area contributed by atoms with Crippen molar-refractivity contribution in [1.82, 2.24) is 4.98 Å². The first-order valence-corrected chi connectivity index (χ1v) is 7.64. The van der Waals surface area contributed by atoms with Crippen molar-refractivity contribution in [2.75, 3.05) is 5.32 Å². The quantitative estimate of drug-likeness (QED) is 0.704. The van der Waals surface area contributed by atoms with Crippen LogP contribution in [0, 0.1) is 5.82 Å². The molecule has 0 atom stereocenters. The molecular formula is C19H17ClFN3O2. The number of nitrogens with two attached hydrogens (primary N) is 1. The average molecular weight is 374 g/mol. The predicted molar refractivity (Wildman–Crippen MR) is 100 cm³/mol. The van der Waals surface area contributed by atoms with E-state index in [-0.39, 0.29) is 24.1 Å². The Hall–Kier alpha value is -2.96. The molecular weight excluding hydrogens is 357 g/mol. The molecule has 1 amide bonds. The summed E-state index contributed by atoms with van der Waals surface area (Å²) in [6.45, 7) is 0.388. The van der Waals surface area contributed by atoms with E-state index in [0.29, 0.717) is 29.4 Å². The van der Waals surface area contributed by atoms with E-state index in [2.05, 4.69) is 10.3 Å². The molecule has 134 valence electrons. The molecule has 1 heterocycles. The molecule has 3 N–H and O–H groups in total. The van der Waals surface area contributed by atoms with Crippen LogP contribution in [0.15, 0.2) is 66.9 Å². The number of carbonyl (C=O) groups excluding carboxylic acids is 1. The van der Waals surface area contributed by atoms with Gasteiger partial charge in [0.1, 0.15) is 11.6 Å². The van der Waals surface area contributed by atoms with Gasteiger partial charge in [0.15, 0.2) is 0 Å². The first-order valence-electron chi connectivity index (χ1n) is 7.64. The molecule has 0 aliphatic rings. The summed E-state index contributed by atoms with van der Waals surface area (Å²) in [5.41, 5.74) is 7.42. The highest BCUT2D eigenvalue weighted by Crippen LogP contribution is 2.22. The summed E-state index contributed by atoms with van der Waals surface area (Å²) in [7, 11) is 0. The minimum Gasteiger partial charge on any atom is -0.439 e. The molecule has 0 saturated heterocycles. The minimum absolute atomic E-state index is 0. The third kappa shape index (κ3) is 5.02. The van der Waals surface area contributed by atoms with Crippen molar-refractivity contribution >= 4 is 24.0 Å². The van der Waals surface area contributed by atoms with Crippen LogP contribution in [0.4, 0.5) is 10.1 Å². The number of hydrogen-bond donors (Lipinski definition) is 2. The SMILES string of the molecule is Cl.NCc1ccnc(Oc2cccc(C(=O)Nc3ccc(F)cc3)c2)c1. The molecule has 0 fully saturated rings. The molecule has 5 nitrogen and oxygen atoms in total. The number of rotatable bonds is 5. The maximum atomic E-state index is 12.9. The number of anilines is 1. The van der Waals surface area contributed by atoms with Crippen LogP contribution in [0.3, 0.4) is 0 Å². The number of aromatic nitrogens is 1. The van der Waals surface area contributed by atoms with Gasteiger partial charge in [0, 0.05) is 30.1 Å². The maximum Gasteiger partial charge on any atom is 0.255 e. The molecule has 3 aromatic rings. The molecule has 0 saturated carbocycles. The third-order valence-corrected chi connectivity index (χ3v) is 3.46. The van der Waals surface area contributed by atoms with Crippen molar-refractivity contribution in [2.45, 2.75) is 6.54 Å². The fourth-order valence-electron chi connectivity index (χ4n) is 2.19. The zero-order chi connectivity index (χ0) is 17.6. The lowest BCUT2D eigenvalue weighted by Gasteiger charge is -2.08. The van der Waals surface area contributed by atoms with Crippen molar-refractivity contribution in [3.05, 3.63) is 83.8 Å². The zero-order valence-corrected chi connectivity index (χ0v) is 14.5. The van der Waals surface area contributed by atoms with Crippen LogP contribution in [-0.2, 0) is 6.54 Å². The van der Waals surface area contributed by atoms with Gasteiger partial charge in [0.2, 0.25) is 5.88 Å². The predicted octanol–water partition coefficient (Wildman–Crippen LogP) is 4.15. The lowest BCUT2D eigenvalue weighted by molar-refractivity contribution is 0.102. The fourth-order valence-corrected chi connectivity index (χ4v) is 2.19. The molecule has 26 heavy (non-hydrogen) atoms. The number of halogens is 2. The van der Waals surface area contributed by atoms with Crippen LogP contribution in [-0.4, -0.2) is 10.9 Å². The molecule has 0 radical (unpaired) electrons. The monoisotopic (exact) mass is 373 g/mol. The normalized spacial score (nSPS) is 9.92. The number of benzene rings is 2. The highest BCUT2D eigenvalue weighted by Gasteiger charge is 2.08. The molecule has 0 aliphatic carbocycles. The first kappa shape index (κ1) is 19.4. The number of hydrogen-bond acceptors (Lipinski definition) is 4. The Bertz CT molecular complexity index is 888. The third-order valence-electron chi connectivity index (χ3n) is 3.46. The molecule has 7 heteroatoms. The van der Waals surface area contributed by atoms with E-state index in [9.17, 15) is 9.18 Å². The van der Waals surface area contributed by atoms with Gasteiger partial charge in [-0.15, -0.1) is 12.4 Å². The molecule has 0 spiro atoms. The Balaban J connectivity index is 0.00000243. The maximum absolute atomic E-state index is 12.9. The largest absolute Gasteiger partial charge is 0.439 e. The molecule has 0 unspecified atom stereocenters. The van der Waals surface area contributed by atoms with Crippen LogP contribution in [0.2, 0.25) is 0 Å². The number of carbonyl (C=O) groups is 1. The molecule has 0 aliphatic heterocycles. The fraction of sp³-hybridized carbons (Fsp3) is 0.0526. The van der Waals surface area contributed by atoms with E-state index in [0.717, 1.165) is 5.56 Å². The zero-order valence-electron chi connectivity index (χ0n) is 13.7. The van der Waals surface area contributed by atoms with Gasteiger partial charge in [-0.3, -0.25) is 4.79 Å². The van der Waals surface area contributed by atoms with Gasteiger partial charge in [-0.25, -0.2) is 9.37 Å². The van der Waals surface area contributed by atoms with Crippen molar-refractivity contribution in [3.63, 3.8) is 0 Å². The van der Waals surface area contributed by atoms with Crippen molar-refractivity contribution in [2.24, 2.45) is 5.73 Å². The van der Waals surface area contributed by atoms with Gasteiger partial charge >= 0.3 is 0 Å². The summed E-state index contributed by atoms with van der Waals surface area (Å²) < 4.78 is 18.6. The highest BCUT2D eigenvalue weighted by atomic mass is 35.5. The van der Waals surface area contributed by atoms with Gasteiger partial charge in [-0.05, 0) is 54.1 Å². The molecule has 0 bridgehead atoms. The summed E-state index contributed by atoms with van der Waals surface area (Å²) in [6, 6.07) is 15.8. The van der Waals surface area contributed by atoms with Crippen LogP contribution in [0.5, 0.6) is 11.6 Å². The number of nitrogens with one attached hydrogen (secondary N) is 1. The Labute approximate surface area is 156 Å². The van der Waals surface area contributed by atoms with Crippen LogP contribution >= 0.6 is 12.4 Å². The van der Waals surface area contributed by atoms with Crippen LogP contribution in [0.1, 0.15) is 15.9 Å². The van der Waals surface area contributed by atoms with Crippen molar-refractivity contribution in [1.29, 1.82) is 0 Å². The molecule has 1 aromatic heterocycles. The number of pyridine rings is 1. The summed E-state index contributed by atoms with van der Waals surface area (Å²) in [5, 5.41) is 2.70. The van der Waals surface area contributed by atoms with E-state index in [1.165, 1.54) is 24.3 Å². The standard InChI is InChI=1S/C19H16FN3O2.ClH/c20-15-4-6-16(7-5-15)23-19(24)14-2-1-3-17(11-14)25-18-10-13(12-21)8-9-22-18;/h1-11H,12,21H2,(H,23,24);1H. The van der Waals surface area contributed by atoms with Gasteiger partial charge < -0.3 is 15.8 Å². The van der Waals surface area contributed by atoms with E-state index in [1.54, 1.807) is 42.6 Å². The molecule has 3 rings (SSSR count). The van der Waals surface area contributed by atoms with Gasteiger partial charge in [-0.1, -0.05) is 6.07 Å². The van der Waals surface area contributed by atoms with Crippen molar-refractivity contribution in [3.8, 4) is 11.6 Å². The van der Waals surface area contributed by atoms with Gasteiger partial charge in [0.25, 0.3) is 5.91 Å². The van der Waals surface area contributed by atoms with E-state index in [1.807, 2.05) is 0 Å². The Kier molecular flexibility index (Phi) is 6.66. The Morgan fingerprint density at radius 2 is 1.88 bits per heavy atom. The van der Waals surface area contributed by atoms with Gasteiger partial charge in [0.05, 0.1) is 0 Å². The number of nitrogens with zero attached hydrogens (tertiary/aromatic N) is 1. The number of amides is 1. The second-order valence-corrected chi connectivity index (χ2v) is 5.30. The van der Waals surface area contributed by atoms with Crippen LogP contribution in [0.25, 0.3) is 0 Å². The van der Waals surface area contributed by atoms with Crippen LogP contribution < -0.4 is 15.8 Å². The minimum atomic E-state index is -0.361. The Morgan fingerprint density at radius 1 is 1.12 bits per heavy atom. The molecule has 2 aromatic carbocycles. The first-order chi connectivity index (χ1) is 12.1. The summed E-state index contributed by atoms with van der Waals surface area (Å²) in [4.78, 5) is 16.4. The summed E-state index contributed by atoms with van der Waals surface area (Å²) >= 11 is 0. The lowest BCUT2D eigenvalue weighted by Crippen LogP contribution is -2.11. The van der Waals surface area contributed by atoms with Crippen molar-refractivity contribution < 1.29 is 13.9 Å². The lowest BCUT2D eigenvalue weighted by atomic mass is 10.2. The van der Waals surface area contributed by atoms with E-state index in [4.69, 9.17) is 10.5 Å². The Morgan fingerprint density at radius 3 is 2.62 bits per heavy atom. The smallest absolute Gasteiger partial charge is 0.255 e. The topological polar surface area (TPSA) is 77.2 Å². The second-order valence-electron chi connectivity index (χ2n) is 5.30. The van der Waals surface area contributed by atoms with E-state index < -0.39 is 0 Å². The van der Waals surface area contributed by atoms with Gasteiger partial charge in [-0.2, -0.15) is 0 Å². The van der Waals surface area contributed by atoms with E-state index >= 15 is 0 Å².